The van der Waals surface area contributed by atoms with E-state index in [4.69, 9.17) is 9.47 Å². The van der Waals surface area contributed by atoms with Gasteiger partial charge in [0.25, 0.3) is 0 Å². The van der Waals surface area contributed by atoms with E-state index in [0.29, 0.717) is 75.1 Å². The number of hydrogen-bond acceptors (Lipinski definition) is 6. The minimum absolute atomic E-state index is 0.0429. The number of ether oxygens (including phenoxy) is 2. The van der Waals surface area contributed by atoms with Crippen molar-refractivity contribution in [2.24, 2.45) is 11.8 Å². The Labute approximate surface area is 318 Å². The second-order valence-electron chi connectivity index (χ2n) is 15.7. The minimum Gasteiger partial charge on any atom is -0.381 e. The number of rotatable bonds is 12. The molecule has 4 fully saturated rings. The average molecular weight is 761 g/mol. The summed E-state index contributed by atoms with van der Waals surface area (Å²) in [6.07, 6.45) is 12.7. The highest BCUT2D eigenvalue weighted by Gasteiger charge is 2.40. The van der Waals surface area contributed by atoms with Crippen LogP contribution in [0.3, 0.4) is 0 Å². The summed E-state index contributed by atoms with van der Waals surface area (Å²) in [4.78, 5) is 24.7. The van der Waals surface area contributed by atoms with Gasteiger partial charge in [0, 0.05) is 52.7 Å². The van der Waals surface area contributed by atoms with Gasteiger partial charge in [0.15, 0.2) is 0 Å². The molecule has 54 heavy (non-hydrogen) atoms. The third-order valence-electron chi connectivity index (χ3n) is 12.5. The van der Waals surface area contributed by atoms with Crippen molar-refractivity contribution in [3.8, 4) is 0 Å². The van der Waals surface area contributed by atoms with E-state index in [1.807, 2.05) is 0 Å². The van der Waals surface area contributed by atoms with Crippen LogP contribution < -0.4 is 21.3 Å². The van der Waals surface area contributed by atoms with Gasteiger partial charge in [-0.3, -0.25) is 9.59 Å². The molecule has 8 nitrogen and oxygen atoms in total. The molecule has 0 radical (unpaired) electrons. The fourth-order valence-corrected chi connectivity index (χ4v) is 9.11. The lowest BCUT2D eigenvalue weighted by atomic mass is 9.77. The molecule has 4 aliphatic rings. The lowest BCUT2D eigenvalue weighted by molar-refractivity contribution is -0.131. The Morgan fingerprint density at radius 1 is 0.593 bits per heavy atom. The van der Waals surface area contributed by atoms with Gasteiger partial charge in [-0.1, -0.05) is 12.1 Å². The largest absolute Gasteiger partial charge is 0.381 e. The molecule has 2 heterocycles. The van der Waals surface area contributed by atoms with E-state index in [1.54, 1.807) is 26.2 Å². The quantitative estimate of drug-likeness (QED) is 0.174. The van der Waals surface area contributed by atoms with Gasteiger partial charge >= 0.3 is 0 Å². The van der Waals surface area contributed by atoms with Crippen LogP contribution in [-0.4, -0.2) is 76.5 Å². The maximum absolute atomic E-state index is 14.0. The monoisotopic (exact) mass is 760 g/mol. The third-order valence-corrected chi connectivity index (χ3v) is 12.5. The van der Waals surface area contributed by atoms with Crippen molar-refractivity contribution >= 4 is 11.8 Å². The van der Waals surface area contributed by atoms with Crippen LogP contribution in [0.2, 0.25) is 0 Å². The lowest BCUT2D eigenvalue weighted by Gasteiger charge is -2.37. The molecule has 2 aromatic rings. The Kier molecular flexibility index (Phi) is 15.7. The summed E-state index contributed by atoms with van der Waals surface area (Å²) < 4.78 is 65.0. The first-order valence-electron chi connectivity index (χ1n) is 20.1. The second kappa shape index (κ2) is 20.2. The van der Waals surface area contributed by atoms with Crippen LogP contribution in [0.1, 0.15) is 113 Å². The highest BCUT2D eigenvalue weighted by molar-refractivity contribution is 5.86. The highest BCUT2D eigenvalue weighted by atomic mass is 19.1. The van der Waals surface area contributed by atoms with E-state index in [0.717, 1.165) is 89.4 Å². The number of likely N-dealkylation sites (N-methyl/N-ethyl adjacent to an activating group) is 2. The van der Waals surface area contributed by atoms with Gasteiger partial charge in [-0.15, -0.1) is 0 Å². The van der Waals surface area contributed by atoms with Crippen LogP contribution in [0, 0.1) is 35.1 Å². The minimum atomic E-state index is -0.519. The van der Waals surface area contributed by atoms with Gasteiger partial charge in [0.2, 0.25) is 11.8 Å². The number of carbonyl (C=O) groups excluding carboxylic acids is 2. The van der Waals surface area contributed by atoms with Crippen LogP contribution in [0.4, 0.5) is 17.6 Å². The SMILES string of the molecule is CNC(=O)C1(NCCC2CCC(c3ccc(F)cc3F)CC2)CCOCC1.CNC(=O)C1(NCCC2CCC(c3ccc(F)cc3F)CC2)CCOCC1. The molecule has 2 aliphatic heterocycles. The molecule has 4 N–H and O–H groups in total. The van der Waals surface area contributed by atoms with Crippen molar-refractivity contribution in [1.29, 1.82) is 0 Å². The second-order valence-corrected chi connectivity index (χ2v) is 15.7. The fraction of sp³-hybridized carbons (Fsp3) is 0.667. The van der Waals surface area contributed by atoms with Crippen LogP contribution in [-0.2, 0) is 19.1 Å². The van der Waals surface area contributed by atoms with E-state index in [-0.39, 0.29) is 23.7 Å². The first-order valence-corrected chi connectivity index (χ1v) is 20.1. The number of halogens is 4. The fourth-order valence-electron chi connectivity index (χ4n) is 9.11. The third kappa shape index (κ3) is 11.0. The zero-order valence-corrected chi connectivity index (χ0v) is 32.1. The molecule has 2 aromatic carbocycles. The Balaban J connectivity index is 0.000000208. The van der Waals surface area contributed by atoms with Gasteiger partial charge in [0.05, 0.1) is 0 Å². The normalized spacial score (nSPS) is 25.1. The number of nitrogens with one attached hydrogen (secondary N) is 4. The topological polar surface area (TPSA) is 101 Å². The van der Waals surface area contributed by atoms with Gasteiger partial charge in [-0.05, 0) is 150 Å². The molecule has 2 aliphatic carbocycles. The Bertz CT molecular complexity index is 1390. The molecule has 2 saturated carbocycles. The van der Waals surface area contributed by atoms with Gasteiger partial charge < -0.3 is 30.7 Å². The highest BCUT2D eigenvalue weighted by Crippen LogP contribution is 2.39. The lowest BCUT2D eigenvalue weighted by Crippen LogP contribution is -2.59. The Hall–Kier alpha value is -3.06. The van der Waals surface area contributed by atoms with Gasteiger partial charge in [-0.2, -0.15) is 0 Å². The van der Waals surface area contributed by atoms with Crippen LogP contribution >= 0.6 is 0 Å². The number of hydrogen-bond donors (Lipinski definition) is 4. The summed E-state index contributed by atoms with van der Waals surface area (Å²) in [6.45, 7) is 4.02. The average Bonchev–Trinajstić information content (AvgIpc) is 3.19. The molecule has 0 atom stereocenters. The van der Waals surface area contributed by atoms with Crippen molar-refractivity contribution in [3.63, 3.8) is 0 Å². The van der Waals surface area contributed by atoms with Crippen molar-refractivity contribution < 1.29 is 36.6 Å². The van der Waals surface area contributed by atoms with Crippen molar-refractivity contribution in [1.82, 2.24) is 21.3 Å². The van der Waals surface area contributed by atoms with E-state index in [9.17, 15) is 27.2 Å². The molecule has 0 unspecified atom stereocenters. The van der Waals surface area contributed by atoms with E-state index in [1.165, 1.54) is 12.1 Å². The molecular formula is C42H60F4N4O4. The van der Waals surface area contributed by atoms with Crippen LogP contribution in [0.25, 0.3) is 0 Å². The standard InChI is InChI=1S/2C21H30F2N2O2/c2*1-24-20(26)21(9-12-27-13-10-21)25-11-8-15-2-4-16(5-3-15)18-7-6-17(22)14-19(18)23/h2*6-7,14-16,25H,2-5,8-13H2,1H3,(H,24,26). The van der Waals surface area contributed by atoms with E-state index in [2.05, 4.69) is 21.3 Å². The molecule has 2 amide bonds. The maximum atomic E-state index is 14.0. The smallest absolute Gasteiger partial charge is 0.240 e. The molecule has 300 valence electrons. The van der Waals surface area contributed by atoms with Crippen LogP contribution in [0.5, 0.6) is 0 Å². The summed E-state index contributed by atoms with van der Waals surface area (Å²) in [7, 11) is 3.36. The summed E-state index contributed by atoms with van der Waals surface area (Å²) in [5, 5.41) is 12.6. The molecule has 6 rings (SSSR count). The molecule has 12 heteroatoms. The summed E-state index contributed by atoms with van der Waals surface area (Å²) in [6, 6.07) is 7.85. The van der Waals surface area contributed by atoms with E-state index >= 15 is 0 Å². The van der Waals surface area contributed by atoms with Crippen LogP contribution in [0.15, 0.2) is 36.4 Å². The Morgan fingerprint density at radius 2 is 0.944 bits per heavy atom. The van der Waals surface area contributed by atoms with Gasteiger partial charge in [0.1, 0.15) is 34.3 Å². The maximum Gasteiger partial charge on any atom is 0.240 e. The Morgan fingerprint density at radius 3 is 1.26 bits per heavy atom. The molecule has 0 bridgehead atoms. The summed E-state index contributed by atoms with van der Waals surface area (Å²) in [5.41, 5.74) is 0.269. The number of amides is 2. The van der Waals surface area contributed by atoms with Crippen molar-refractivity contribution in [2.45, 2.75) is 113 Å². The molecule has 0 aromatic heterocycles. The zero-order valence-electron chi connectivity index (χ0n) is 32.1. The molecular weight excluding hydrogens is 700 g/mol. The zero-order chi connectivity index (χ0) is 38.6. The number of benzene rings is 2. The van der Waals surface area contributed by atoms with Crippen molar-refractivity contribution in [2.75, 3.05) is 53.6 Å². The van der Waals surface area contributed by atoms with E-state index < -0.39 is 34.3 Å². The first-order chi connectivity index (χ1) is 26.1. The predicted molar refractivity (Wildman–Crippen MR) is 201 cm³/mol. The predicted octanol–water partition coefficient (Wildman–Crippen LogP) is 7.03. The molecule has 0 spiro atoms. The summed E-state index contributed by atoms with van der Waals surface area (Å²) >= 11 is 0. The van der Waals surface area contributed by atoms with Crippen molar-refractivity contribution in [3.05, 3.63) is 70.8 Å². The van der Waals surface area contributed by atoms with Gasteiger partial charge in [-0.25, -0.2) is 17.6 Å². The molecule has 2 saturated heterocycles. The first kappa shape index (κ1) is 42.1. The number of carbonyl (C=O) groups is 2. The summed E-state index contributed by atoms with van der Waals surface area (Å²) in [5.74, 6) is -0.270.